The van der Waals surface area contributed by atoms with E-state index in [9.17, 15) is 9.59 Å². The van der Waals surface area contributed by atoms with Crippen LogP contribution in [-0.4, -0.2) is 29.8 Å². The molecule has 0 saturated carbocycles. The van der Waals surface area contributed by atoms with Crippen LogP contribution in [0.15, 0.2) is 54.6 Å². The third-order valence-corrected chi connectivity index (χ3v) is 4.40. The molecule has 0 aliphatic rings. The number of carbonyl (C=O) groups excluding carboxylic acids is 2. The Kier molecular flexibility index (Phi) is 8.56. The first-order valence-electron chi connectivity index (χ1n) is 9.87. The molecule has 0 spiro atoms. The summed E-state index contributed by atoms with van der Waals surface area (Å²) in [5.41, 5.74) is 2.64. The molecule has 0 aromatic heterocycles. The summed E-state index contributed by atoms with van der Waals surface area (Å²) in [6.07, 6.45) is 4.09. The Labute approximate surface area is 162 Å². The molecule has 0 aliphatic carbocycles. The molecule has 2 aromatic rings. The standard InChI is InChI=1S/C23H30N2O2/c1-3-17-25(18-4-2)23(27)20-13-15-21(16-14-20)24-22(26)12-8-11-19-9-6-5-7-10-19/h5-7,9-10,13-16H,3-4,8,11-12,17-18H2,1-2H3,(H,24,26). The van der Waals surface area contributed by atoms with E-state index in [1.165, 1.54) is 5.56 Å². The summed E-state index contributed by atoms with van der Waals surface area (Å²) < 4.78 is 0. The molecule has 144 valence electrons. The third-order valence-electron chi connectivity index (χ3n) is 4.40. The van der Waals surface area contributed by atoms with E-state index in [-0.39, 0.29) is 11.8 Å². The topological polar surface area (TPSA) is 49.4 Å². The van der Waals surface area contributed by atoms with E-state index in [1.54, 1.807) is 24.3 Å². The summed E-state index contributed by atoms with van der Waals surface area (Å²) in [7, 11) is 0. The predicted octanol–water partition coefficient (Wildman–Crippen LogP) is 4.91. The van der Waals surface area contributed by atoms with Gasteiger partial charge in [0.15, 0.2) is 0 Å². The van der Waals surface area contributed by atoms with Crippen molar-refractivity contribution >= 4 is 17.5 Å². The van der Waals surface area contributed by atoms with Gasteiger partial charge >= 0.3 is 0 Å². The van der Waals surface area contributed by atoms with Crippen molar-refractivity contribution in [1.29, 1.82) is 0 Å². The number of hydrogen-bond acceptors (Lipinski definition) is 2. The Bertz CT molecular complexity index is 705. The second-order valence-corrected chi connectivity index (χ2v) is 6.76. The molecule has 27 heavy (non-hydrogen) atoms. The molecular formula is C23H30N2O2. The summed E-state index contributed by atoms with van der Waals surface area (Å²) in [5, 5.41) is 2.91. The fourth-order valence-electron chi connectivity index (χ4n) is 3.05. The minimum Gasteiger partial charge on any atom is -0.339 e. The van der Waals surface area contributed by atoms with Crippen LogP contribution in [0, 0.1) is 0 Å². The van der Waals surface area contributed by atoms with Gasteiger partial charge < -0.3 is 10.2 Å². The zero-order valence-electron chi connectivity index (χ0n) is 16.4. The van der Waals surface area contributed by atoms with Crippen LogP contribution in [0.4, 0.5) is 5.69 Å². The first-order chi connectivity index (χ1) is 13.1. The van der Waals surface area contributed by atoms with Crippen molar-refractivity contribution in [2.24, 2.45) is 0 Å². The quantitative estimate of drug-likeness (QED) is 0.649. The summed E-state index contributed by atoms with van der Waals surface area (Å²) >= 11 is 0. The zero-order valence-corrected chi connectivity index (χ0v) is 16.4. The molecule has 0 bridgehead atoms. The van der Waals surface area contributed by atoms with E-state index in [4.69, 9.17) is 0 Å². The second kappa shape index (κ2) is 11.2. The Morgan fingerprint density at radius 3 is 2.11 bits per heavy atom. The first-order valence-corrected chi connectivity index (χ1v) is 9.87. The maximum absolute atomic E-state index is 12.6. The minimum atomic E-state index is 0.00333. The minimum absolute atomic E-state index is 0.00333. The highest BCUT2D eigenvalue weighted by Gasteiger charge is 2.14. The van der Waals surface area contributed by atoms with Crippen LogP contribution in [0.5, 0.6) is 0 Å². The fourth-order valence-corrected chi connectivity index (χ4v) is 3.05. The van der Waals surface area contributed by atoms with Crippen molar-refractivity contribution in [2.45, 2.75) is 46.0 Å². The van der Waals surface area contributed by atoms with E-state index >= 15 is 0 Å². The van der Waals surface area contributed by atoms with E-state index in [2.05, 4.69) is 31.3 Å². The van der Waals surface area contributed by atoms with Gasteiger partial charge in [0.1, 0.15) is 0 Å². The van der Waals surface area contributed by atoms with Crippen molar-refractivity contribution in [2.75, 3.05) is 18.4 Å². The molecule has 0 heterocycles. The van der Waals surface area contributed by atoms with Crippen LogP contribution < -0.4 is 5.32 Å². The number of nitrogens with zero attached hydrogens (tertiary/aromatic N) is 1. The molecule has 2 rings (SSSR count). The predicted molar refractivity (Wildman–Crippen MR) is 111 cm³/mol. The Balaban J connectivity index is 1.83. The van der Waals surface area contributed by atoms with Crippen molar-refractivity contribution in [3.63, 3.8) is 0 Å². The van der Waals surface area contributed by atoms with E-state index in [1.807, 2.05) is 23.1 Å². The molecule has 0 unspecified atom stereocenters. The van der Waals surface area contributed by atoms with Gasteiger partial charge in [-0.25, -0.2) is 0 Å². The molecule has 0 radical (unpaired) electrons. The Morgan fingerprint density at radius 2 is 1.52 bits per heavy atom. The van der Waals surface area contributed by atoms with Crippen LogP contribution in [0.25, 0.3) is 0 Å². The molecule has 0 fully saturated rings. The van der Waals surface area contributed by atoms with Crippen molar-refractivity contribution in [1.82, 2.24) is 4.90 Å². The SMILES string of the molecule is CCCN(CCC)C(=O)c1ccc(NC(=O)CCCc2ccccc2)cc1. The lowest BCUT2D eigenvalue weighted by Crippen LogP contribution is -2.32. The highest BCUT2D eigenvalue weighted by Crippen LogP contribution is 2.13. The monoisotopic (exact) mass is 366 g/mol. The molecule has 2 aromatic carbocycles. The number of carbonyl (C=O) groups is 2. The molecule has 2 amide bonds. The van der Waals surface area contributed by atoms with Crippen LogP contribution in [0.3, 0.4) is 0 Å². The Hall–Kier alpha value is -2.62. The van der Waals surface area contributed by atoms with E-state index in [0.717, 1.165) is 44.5 Å². The second-order valence-electron chi connectivity index (χ2n) is 6.76. The highest BCUT2D eigenvalue weighted by atomic mass is 16.2. The summed E-state index contributed by atoms with van der Waals surface area (Å²) in [6.45, 7) is 5.69. The van der Waals surface area contributed by atoms with E-state index in [0.29, 0.717) is 12.0 Å². The lowest BCUT2D eigenvalue weighted by Gasteiger charge is -2.21. The molecular weight excluding hydrogens is 336 g/mol. The number of aryl methyl sites for hydroxylation is 1. The molecule has 0 aliphatic heterocycles. The largest absolute Gasteiger partial charge is 0.339 e. The van der Waals surface area contributed by atoms with Gasteiger partial charge in [-0.3, -0.25) is 9.59 Å². The maximum atomic E-state index is 12.6. The molecule has 0 saturated heterocycles. The van der Waals surface area contributed by atoms with Gasteiger partial charge in [0.2, 0.25) is 5.91 Å². The summed E-state index contributed by atoms with van der Waals surface area (Å²) in [4.78, 5) is 26.6. The Morgan fingerprint density at radius 1 is 0.889 bits per heavy atom. The molecule has 4 nitrogen and oxygen atoms in total. The normalized spacial score (nSPS) is 10.4. The average molecular weight is 367 g/mol. The van der Waals surface area contributed by atoms with Gasteiger partial charge in [0, 0.05) is 30.8 Å². The maximum Gasteiger partial charge on any atom is 0.253 e. The summed E-state index contributed by atoms with van der Waals surface area (Å²) in [5.74, 6) is 0.0584. The van der Waals surface area contributed by atoms with Gasteiger partial charge in [-0.2, -0.15) is 0 Å². The number of anilines is 1. The van der Waals surface area contributed by atoms with Gasteiger partial charge in [0.05, 0.1) is 0 Å². The fraction of sp³-hybridized carbons (Fsp3) is 0.391. The molecule has 0 atom stereocenters. The van der Waals surface area contributed by atoms with Crippen molar-refractivity contribution in [3.05, 3.63) is 65.7 Å². The van der Waals surface area contributed by atoms with Gasteiger partial charge in [0.25, 0.3) is 5.91 Å². The number of nitrogens with one attached hydrogen (secondary N) is 1. The van der Waals surface area contributed by atoms with Crippen LogP contribution in [0.2, 0.25) is 0 Å². The van der Waals surface area contributed by atoms with Crippen molar-refractivity contribution < 1.29 is 9.59 Å². The van der Waals surface area contributed by atoms with Gasteiger partial charge in [-0.1, -0.05) is 44.2 Å². The lowest BCUT2D eigenvalue weighted by atomic mass is 10.1. The van der Waals surface area contributed by atoms with Crippen LogP contribution >= 0.6 is 0 Å². The number of hydrogen-bond donors (Lipinski definition) is 1. The number of amides is 2. The van der Waals surface area contributed by atoms with Gasteiger partial charge in [-0.15, -0.1) is 0 Å². The third kappa shape index (κ3) is 6.89. The van der Waals surface area contributed by atoms with Crippen LogP contribution in [0.1, 0.15) is 55.5 Å². The van der Waals surface area contributed by atoms with E-state index < -0.39 is 0 Å². The molecule has 4 heteroatoms. The van der Waals surface area contributed by atoms with Crippen molar-refractivity contribution in [3.8, 4) is 0 Å². The summed E-state index contributed by atoms with van der Waals surface area (Å²) in [6, 6.07) is 17.4. The number of rotatable bonds is 10. The van der Waals surface area contributed by atoms with Crippen LogP contribution in [-0.2, 0) is 11.2 Å². The smallest absolute Gasteiger partial charge is 0.253 e. The highest BCUT2D eigenvalue weighted by molar-refractivity contribution is 5.95. The van der Waals surface area contributed by atoms with Gasteiger partial charge in [-0.05, 0) is 55.5 Å². The molecule has 1 N–H and O–H groups in total. The average Bonchev–Trinajstić information content (AvgIpc) is 2.69. The lowest BCUT2D eigenvalue weighted by molar-refractivity contribution is -0.116. The zero-order chi connectivity index (χ0) is 19.5. The first kappa shape index (κ1) is 20.7. The number of benzene rings is 2.